The van der Waals surface area contributed by atoms with Crippen LogP contribution in [0.3, 0.4) is 0 Å². The monoisotopic (exact) mass is 297 g/mol. The van der Waals surface area contributed by atoms with Crippen molar-refractivity contribution < 1.29 is 13.5 Å². The second-order valence-electron chi connectivity index (χ2n) is 4.56. The molecule has 0 saturated heterocycles. The summed E-state index contributed by atoms with van der Waals surface area (Å²) in [7, 11) is 0. The van der Waals surface area contributed by atoms with Gasteiger partial charge < -0.3 is 10.5 Å². The summed E-state index contributed by atoms with van der Waals surface area (Å²) in [4.78, 5) is 0. The summed E-state index contributed by atoms with van der Waals surface area (Å²) >= 11 is 5.91. The first-order valence-corrected chi connectivity index (χ1v) is 6.42. The Morgan fingerprint density at radius 1 is 1.00 bits per heavy atom. The van der Waals surface area contributed by atoms with Crippen molar-refractivity contribution in [3.63, 3.8) is 0 Å². The highest BCUT2D eigenvalue weighted by Gasteiger charge is 2.16. The highest BCUT2D eigenvalue weighted by atomic mass is 35.5. The van der Waals surface area contributed by atoms with Gasteiger partial charge in [0, 0.05) is 11.6 Å². The fraction of sp³-hybridized carbons (Fsp3) is 0.200. The number of benzene rings is 2. The van der Waals surface area contributed by atoms with Gasteiger partial charge in [-0.1, -0.05) is 11.6 Å². The predicted octanol–water partition coefficient (Wildman–Crippen LogP) is 4.49. The molecule has 5 heteroatoms. The number of halogens is 3. The molecule has 0 fully saturated rings. The lowest BCUT2D eigenvalue weighted by atomic mass is 10.1. The number of hydrogen-bond acceptors (Lipinski definition) is 2. The van der Waals surface area contributed by atoms with E-state index in [0.29, 0.717) is 27.5 Å². The third-order valence-corrected chi connectivity index (χ3v) is 3.14. The topological polar surface area (TPSA) is 35.2 Å². The van der Waals surface area contributed by atoms with Gasteiger partial charge in [0.05, 0.1) is 0 Å². The van der Waals surface area contributed by atoms with E-state index in [1.165, 1.54) is 12.1 Å². The number of nitrogens with two attached hydrogens (primary N) is 1. The summed E-state index contributed by atoms with van der Waals surface area (Å²) in [6.07, 6.45) is 0. The van der Waals surface area contributed by atoms with Crippen LogP contribution in [0.15, 0.2) is 24.3 Å². The summed E-state index contributed by atoms with van der Waals surface area (Å²) in [6.45, 7) is 3.59. The number of hydrogen-bond donors (Lipinski definition) is 1. The summed E-state index contributed by atoms with van der Waals surface area (Å²) in [5.74, 6) is -1.60. The van der Waals surface area contributed by atoms with Gasteiger partial charge in [0.2, 0.25) is 0 Å². The number of ether oxygens (including phenoxy) is 1. The maximum atomic E-state index is 13.9. The molecule has 2 aromatic rings. The first kappa shape index (κ1) is 14.8. The molecule has 0 saturated carbocycles. The van der Waals surface area contributed by atoms with Gasteiger partial charge >= 0.3 is 0 Å². The minimum atomic E-state index is -0.779. The molecule has 0 bridgehead atoms. The fourth-order valence-electron chi connectivity index (χ4n) is 1.99. The van der Waals surface area contributed by atoms with Crippen LogP contribution >= 0.6 is 11.6 Å². The predicted molar refractivity (Wildman–Crippen MR) is 75.2 cm³/mol. The Kier molecular flexibility index (Phi) is 4.26. The van der Waals surface area contributed by atoms with Crippen LogP contribution in [-0.4, -0.2) is 0 Å². The van der Waals surface area contributed by atoms with E-state index in [9.17, 15) is 8.78 Å². The van der Waals surface area contributed by atoms with Gasteiger partial charge in [-0.15, -0.1) is 0 Å². The van der Waals surface area contributed by atoms with Crippen LogP contribution in [-0.2, 0) is 6.54 Å². The summed E-state index contributed by atoms with van der Waals surface area (Å²) in [5.41, 5.74) is 7.15. The van der Waals surface area contributed by atoms with E-state index in [0.717, 1.165) is 0 Å². The standard InChI is InChI=1S/C15H14ClF2NO/c1-8-3-11(16)4-9(2)14(8)20-15-12(17)5-10(7-19)6-13(15)18/h3-6H,7,19H2,1-2H3. The molecule has 0 spiro atoms. The molecule has 0 atom stereocenters. The zero-order valence-corrected chi connectivity index (χ0v) is 11.9. The van der Waals surface area contributed by atoms with Gasteiger partial charge in [-0.05, 0) is 54.8 Å². The van der Waals surface area contributed by atoms with Crippen molar-refractivity contribution in [1.29, 1.82) is 0 Å². The first-order valence-electron chi connectivity index (χ1n) is 6.05. The van der Waals surface area contributed by atoms with Gasteiger partial charge in [-0.3, -0.25) is 0 Å². The molecule has 0 aliphatic heterocycles. The Labute approximate surface area is 121 Å². The van der Waals surface area contributed by atoms with Crippen molar-refractivity contribution in [2.45, 2.75) is 20.4 Å². The van der Waals surface area contributed by atoms with E-state index < -0.39 is 17.4 Å². The van der Waals surface area contributed by atoms with Gasteiger partial charge in [0.25, 0.3) is 0 Å². The molecule has 0 radical (unpaired) electrons. The Hall–Kier alpha value is -1.65. The fourth-order valence-corrected chi connectivity index (χ4v) is 2.32. The van der Waals surface area contributed by atoms with Crippen molar-refractivity contribution in [2.24, 2.45) is 5.73 Å². The van der Waals surface area contributed by atoms with E-state index in [1.807, 2.05) is 0 Å². The van der Waals surface area contributed by atoms with Crippen molar-refractivity contribution >= 4 is 11.6 Å². The molecule has 20 heavy (non-hydrogen) atoms. The largest absolute Gasteiger partial charge is 0.451 e. The van der Waals surface area contributed by atoms with Crippen LogP contribution in [0.5, 0.6) is 11.5 Å². The normalized spacial score (nSPS) is 10.7. The molecular formula is C15H14ClF2NO. The lowest BCUT2D eigenvalue weighted by molar-refractivity contribution is 0.402. The highest BCUT2D eigenvalue weighted by Crippen LogP contribution is 2.34. The lowest BCUT2D eigenvalue weighted by Gasteiger charge is -2.14. The molecule has 0 unspecified atom stereocenters. The number of rotatable bonds is 3. The summed E-state index contributed by atoms with van der Waals surface area (Å²) in [5, 5.41) is 0.548. The third-order valence-electron chi connectivity index (χ3n) is 2.92. The minimum Gasteiger partial charge on any atom is -0.451 e. The first-order chi connectivity index (χ1) is 9.42. The molecular weight excluding hydrogens is 284 g/mol. The van der Waals surface area contributed by atoms with Crippen molar-refractivity contribution in [1.82, 2.24) is 0 Å². The van der Waals surface area contributed by atoms with Crippen molar-refractivity contribution in [2.75, 3.05) is 0 Å². The van der Waals surface area contributed by atoms with E-state index in [-0.39, 0.29) is 6.54 Å². The zero-order chi connectivity index (χ0) is 14.9. The maximum Gasteiger partial charge on any atom is 0.198 e. The average molecular weight is 298 g/mol. The average Bonchev–Trinajstić information content (AvgIpc) is 2.35. The Bertz CT molecular complexity index is 612. The smallest absolute Gasteiger partial charge is 0.198 e. The molecule has 0 aliphatic carbocycles. The van der Waals surface area contributed by atoms with E-state index in [4.69, 9.17) is 22.1 Å². The van der Waals surface area contributed by atoms with E-state index >= 15 is 0 Å². The van der Waals surface area contributed by atoms with Crippen LogP contribution in [0.2, 0.25) is 5.02 Å². The molecule has 0 amide bonds. The van der Waals surface area contributed by atoms with Gasteiger partial charge in [-0.25, -0.2) is 8.78 Å². The molecule has 2 nitrogen and oxygen atoms in total. The minimum absolute atomic E-state index is 0.0626. The van der Waals surface area contributed by atoms with Crippen LogP contribution in [0.1, 0.15) is 16.7 Å². The Morgan fingerprint density at radius 2 is 1.50 bits per heavy atom. The van der Waals surface area contributed by atoms with Crippen LogP contribution < -0.4 is 10.5 Å². The molecule has 0 aliphatic rings. The molecule has 0 heterocycles. The second kappa shape index (κ2) is 5.77. The van der Waals surface area contributed by atoms with Gasteiger partial charge in [-0.2, -0.15) is 0 Å². The highest BCUT2D eigenvalue weighted by molar-refractivity contribution is 6.30. The van der Waals surface area contributed by atoms with Crippen LogP contribution in [0.25, 0.3) is 0 Å². The van der Waals surface area contributed by atoms with E-state index in [1.54, 1.807) is 26.0 Å². The molecule has 2 N–H and O–H groups in total. The summed E-state index contributed by atoms with van der Waals surface area (Å²) < 4.78 is 33.2. The summed E-state index contributed by atoms with van der Waals surface area (Å²) in [6, 6.07) is 5.68. The number of aryl methyl sites for hydroxylation is 2. The molecule has 0 aromatic heterocycles. The third kappa shape index (κ3) is 2.92. The molecule has 106 valence electrons. The van der Waals surface area contributed by atoms with Gasteiger partial charge in [0.1, 0.15) is 5.75 Å². The maximum absolute atomic E-state index is 13.9. The molecule has 2 aromatic carbocycles. The Balaban J connectivity index is 2.45. The zero-order valence-electron chi connectivity index (χ0n) is 11.1. The van der Waals surface area contributed by atoms with E-state index in [2.05, 4.69) is 0 Å². The quantitative estimate of drug-likeness (QED) is 0.906. The lowest BCUT2D eigenvalue weighted by Crippen LogP contribution is -2.01. The van der Waals surface area contributed by atoms with Crippen LogP contribution in [0.4, 0.5) is 8.78 Å². The SMILES string of the molecule is Cc1cc(Cl)cc(C)c1Oc1c(F)cc(CN)cc1F. The second-order valence-corrected chi connectivity index (χ2v) is 5.00. The Morgan fingerprint density at radius 3 is 1.95 bits per heavy atom. The van der Waals surface area contributed by atoms with Gasteiger partial charge in [0.15, 0.2) is 17.4 Å². The van der Waals surface area contributed by atoms with Crippen molar-refractivity contribution in [3.8, 4) is 11.5 Å². The molecule has 2 rings (SSSR count). The van der Waals surface area contributed by atoms with Crippen LogP contribution in [0, 0.1) is 25.5 Å². The van der Waals surface area contributed by atoms with Crippen molar-refractivity contribution in [3.05, 3.63) is 57.6 Å².